The zero-order valence-corrected chi connectivity index (χ0v) is 36.4. The SMILES string of the molecule is CC1(C)c2ccccc2-c2ccc(-c3ccc(C/C=C(\N=C(N)c4ccccc4)c4cc(-n5c6ccccc6c6ccccc65)cc(-n5c6ccccc6c6ccccc65)c4)cc3)cc21. The molecule has 11 aromatic rings. The van der Waals surface area contributed by atoms with Crippen LogP contribution in [0.25, 0.3) is 82.9 Å². The summed E-state index contributed by atoms with van der Waals surface area (Å²) in [6.07, 6.45) is 2.90. The van der Waals surface area contributed by atoms with Crippen LogP contribution in [-0.4, -0.2) is 15.0 Å². The van der Waals surface area contributed by atoms with Crippen molar-refractivity contribution in [2.24, 2.45) is 10.7 Å². The number of fused-ring (bicyclic) bond motifs is 9. The Balaban J connectivity index is 1.01. The molecule has 65 heavy (non-hydrogen) atoms. The number of nitrogens with two attached hydrogens (primary N) is 1. The lowest BCUT2D eigenvalue weighted by molar-refractivity contribution is 0.660. The summed E-state index contributed by atoms with van der Waals surface area (Å²) in [5.74, 6) is 0.467. The fourth-order valence-electron chi connectivity index (χ4n) is 10.4. The average molecular weight is 835 g/mol. The molecule has 2 N–H and O–H groups in total. The third kappa shape index (κ3) is 6.40. The first-order valence-electron chi connectivity index (χ1n) is 22.5. The molecule has 0 amide bonds. The Morgan fingerprint density at radius 3 is 1.51 bits per heavy atom. The van der Waals surface area contributed by atoms with E-state index in [1.807, 2.05) is 30.3 Å². The normalized spacial score (nSPS) is 13.5. The molecule has 1 aliphatic rings. The molecular formula is C61H46N4. The average Bonchev–Trinajstić information content (AvgIpc) is 3.96. The number of nitrogens with zero attached hydrogens (tertiary/aromatic N) is 3. The topological polar surface area (TPSA) is 48.2 Å². The van der Waals surface area contributed by atoms with Crippen molar-refractivity contribution in [3.05, 3.63) is 246 Å². The summed E-state index contributed by atoms with van der Waals surface area (Å²) in [5.41, 5.74) is 25.3. The van der Waals surface area contributed by atoms with Gasteiger partial charge in [0.15, 0.2) is 0 Å². The Morgan fingerprint density at radius 2 is 0.938 bits per heavy atom. The lowest BCUT2D eigenvalue weighted by atomic mass is 9.81. The van der Waals surface area contributed by atoms with E-state index in [-0.39, 0.29) is 5.41 Å². The number of para-hydroxylation sites is 4. The molecule has 12 rings (SSSR count). The van der Waals surface area contributed by atoms with E-state index >= 15 is 0 Å². The summed E-state index contributed by atoms with van der Waals surface area (Å²) >= 11 is 0. The molecule has 2 heterocycles. The number of aromatic nitrogens is 2. The summed E-state index contributed by atoms with van der Waals surface area (Å²) < 4.78 is 4.79. The van der Waals surface area contributed by atoms with Gasteiger partial charge in [0.2, 0.25) is 0 Å². The van der Waals surface area contributed by atoms with Gasteiger partial charge in [0.25, 0.3) is 0 Å². The van der Waals surface area contributed by atoms with Gasteiger partial charge in [0.05, 0.1) is 27.8 Å². The van der Waals surface area contributed by atoms with Crippen molar-refractivity contribution in [2.75, 3.05) is 0 Å². The summed E-state index contributed by atoms with van der Waals surface area (Å²) in [6.45, 7) is 4.68. The van der Waals surface area contributed by atoms with Crippen LogP contribution in [0.2, 0.25) is 0 Å². The van der Waals surface area contributed by atoms with Gasteiger partial charge in [-0.25, -0.2) is 4.99 Å². The molecule has 0 atom stereocenters. The Labute approximate surface area is 378 Å². The van der Waals surface area contributed by atoms with E-state index in [1.165, 1.54) is 60.5 Å². The van der Waals surface area contributed by atoms with Crippen molar-refractivity contribution in [1.82, 2.24) is 9.13 Å². The van der Waals surface area contributed by atoms with E-state index in [1.54, 1.807) is 0 Å². The standard InChI is InChI=1S/C61H46N4/c1-61(2)53-23-11-6-18-47(53)48-34-33-43(38-54(48)61)41-31-28-40(29-32-41)30-35-55(63-60(62)42-16-4-3-5-17-42)44-36-45(64-56-24-12-7-19-49(56)50-20-8-13-25-57(50)64)39-46(37-44)65-58-26-14-9-21-51(58)52-22-10-15-27-59(52)65/h3-29,31-39H,30H2,1-2H3,(H2,62,63)/b55-35-. The van der Waals surface area contributed by atoms with Crippen LogP contribution in [0.1, 0.15) is 41.7 Å². The fourth-order valence-corrected chi connectivity index (χ4v) is 10.4. The van der Waals surface area contributed by atoms with Crippen molar-refractivity contribution in [2.45, 2.75) is 25.7 Å². The molecule has 0 saturated heterocycles. The third-order valence-corrected chi connectivity index (χ3v) is 13.6. The summed E-state index contributed by atoms with van der Waals surface area (Å²) in [4.78, 5) is 5.29. The first-order valence-corrected chi connectivity index (χ1v) is 22.5. The van der Waals surface area contributed by atoms with Crippen LogP contribution in [0.15, 0.2) is 223 Å². The van der Waals surface area contributed by atoms with Crippen molar-refractivity contribution < 1.29 is 0 Å². The highest BCUT2D eigenvalue weighted by atomic mass is 15.0. The molecule has 0 fully saturated rings. The Kier molecular flexibility index (Phi) is 9.03. The molecule has 0 spiro atoms. The van der Waals surface area contributed by atoms with E-state index in [0.29, 0.717) is 12.3 Å². The molecule has 0 radical (unpaired) electrons. The lowest BCUT2D eigenvalue weighted by Crippen LogP contribution is -2.14. The van der Waals surface area contributed by atoms with Crippen LogP contribution in [-0.2, 0) is 11.8 Å². The smallest absolute Gasteiger partial charge is 0.131 e. The molecule has 0 saturated carbocycles. The first-order chi connectivity index (χ1) is 31.9. The highest BCUT2D eigenvalue weighted by Gasteiger charge is 2.35. The maximum Gasteiger partial charge on any atom is 0.131 e. The Bertz CT molecular complexity index is 3470. The molecule has 0 aliphatic heterocycles. The van der Waals surface area contributed by atoms with Gasteiger partial charge in [-0.3, -0.25) is 0 Å². The lowest BCUT2D eigenvalue weighted by Gasteiger charge is -2.22. The zero-order chi connectivity index (χ0) is 43.6. The predicted octanol–water partition coefficient (Wildman–Crippen LogP) is 14.8. The minimum Gasteiger partial charge on any atom is -0.383 e. The number of hydrogen-bond acceptors (Lipinski definition) is 1. The molecule has 2 aromatic heterocycles. The minimum atomic E-state index is -0.0501. The molecule has 9 aromatic carbocycles. The Hall–Kier alpha value is -8.21. The van der Waals surface area contributed by atoms with Gasteiger partial charge in [0, 0.05) is 49.5 Å². The van der Waals surface area contributed by atoms with Crippen LogP contribution in [0, 0.1) is 0 Å². The molecule has 0 unspecified atom stereocenters. The number of aliphatic imine (C=N–C) groups is 1. The number of benzene rings is 9. The van der Waals surface area contributed by atoms with Gasteiger partial charge < -0.3 is 14.9 Å². The summed E-state index contributed by atoms with van der Waals surface area (Å²) in [6, 6.07) is 76.5. The summed E-state index contributed by atoms with van der Waals surface area (Å²) in [7, 11) is 0. The molecule has 310 valence electrons. The van der Waals surface area contributed by atoms with Crippen LogP contribution in [0.3, 0.4) is 0 Å². The number of rotatable bonds is 8. The maximum absolute atomic E-state index is 6.93. The monoisotopic (exact) mass is 834 g/mol. The van der Waals surface area contributed by atoms with Gasteiger partial charge in [-0.05, 0) is 93.9 Å². The fraction of sp³-hybridized carbons (Fsp3) is 0.0656. The van der Waals surface area contributed by atoms with Gasteiger partial charge in [0.1, 0.15) is 5.84 Å². The second-order valence-corrected chi connectivity index (χ2v) is 17.8. The molecular weight excluding hydrogens is 789 g/mol. The molecule has 1 aliphatic carbocycles. The van der Waals surface area contributed by atoms with E-state index in [4.69, 9.17) is 10.7 Å². The third-order valence-electron chi connectivity index (χ3n) is 13.6. The maximum atomic E-state index is 6.93. The van der Waals surface area contributed by atoms with Crippen LogP contribution >= 0.6 is 0 Å². The quantitative estimate of drug-likeness (QED) is 0.120. The largest absolute Gasteiger partial charge is 0.383 e. The van der Waals surface area contributed by atoms with Crippen molar-refractivity contribution in [3.8, 4) is 33.6 Å². The zero-order valence-electron chi connectivity index (χ0n) is 36.4. The van der Waals surface area contributed by atoms with Gasteiger partial charge >= 0.3 is 0 Å². The van der Waals surface area contributed by atoms with Crippen molar-refractivity contribution >= 4 is 55.1 Å². The second-order valence-electron chi connectivity index (χ2n) is 17.8. The number of amidine groups is 1. The first kappa shape index (κ1) is 38.5. The highest BCUT2D eigenvalue weighted by molar-refractivity contribution is 6.11. The molecule has 0 bridgehead atoms. The van der Waals surface area contributed by atoms with Crippen LogP contribution in [0.5, 0.6) is 0 Å². The molecule has 4 heteroatoms. The number of hydrogen-bond donors (Lipinski definition) is 1. The van der Waals surface area contributed by atoms with Gasteiger partial charge in [-0.2, -0.15) is 0 Å². The van der Waals surface area contributed by atoms with E-state index in [0.717, 1.165) is 50.3 Å². The minimum absolute atomic E-state index is 0.0501. The van der Waals surface area contributed by atoms with Crippen LogP contribution < -0.4 is 5.73 Å². The predicted molar refractivity (Wildman–Crippen MR) is 273 cm³/mol. The highest BCUT2D eigenvalue weighted by Crippen LogP contribution is 2.49. The van der Waals surface area contributed by atoms with E-state index in [9.17, 15) is 0 Å². The summed E-state index contributed by atoms with van der Waals surface area (Å²) in [5, 5.41) is 4.86. The van der Waals surface area contributed by atoms with Crippen molar-refractivity contribution in [1.29, 1.82) is 0 Å². The van der Waals surface area contributed by atoms with E-state index in [2.05, 4.69) is 211 Å². The number of allylic oxidation sites excluding steroid dienone is 1. The van der Waals surface area contributed by atoms with Gasteiger partial charge in [-0.15, -0.1) is 0 Å². The molecule has 4 nitrogen and oxygen atoms in total. The van der Waals surface area contributed by atoms with Gasteiger partial charge in [-0.1, -0.05) is 184 Å². The van der Waals surface area contributed by atoms with Crippen molar-refractivity contribution in [3.63, 3.8) is 0 Å². The van der Waals surface area contributed by atoms with Crippen LogP contribution in [0.4, 0.5) is 0 Å². The van der Waals surface area contributed by atoms with E-state index < -0.39 is 0 Å². The Morgan fingerprint density at radius 1 is 0.462 bits per heavy atom. The second kappa shape index (κ2) is 15.3.